The molecule has 0 bridgehead atoms. The molecule has 0 radical (unpaired) electrons. The van der Waals surface area contributed by atoms with E-state index in [-0.39, 0.29) is 17.8 Å². The SMILES string of the molecule is O=C(/C=C\c1cc(F)ccc1F)NCc1nnc2c(=O)[nH]ccn12. The molecule has 1 amide bonds. The number of carbonyl (C=O) groups is 1. The van der Waals surface area contributed by atoms with Gasteiger partial charge in [0.2, 0.25) is 11.6 Å². The lowest BCUT2D eigenvalue weighted by molar-refractivity contribution is -0.116. The molecule has 122 valence electrons. The van der Waals surface area contributed by atoms with E-state index < -0.39 is 23.1 Å². The highest BCUT2D eigenvalue weighted by Gasteiger charge is 2.08. The Bertz CT molecular complexity index is 993. The average Bonchev–Trinajstić information content (AvgIpc) is 2.98. The summed E-state index contributed by atoms with van der Waals surface area (Å²) in [6.45, 7) is 0.0133. The summed E-state index contributed by atoms with van der Waals surface area (Å²) in [5.74, 6) is -1.41. The van der Waals surface area contributed by atoms with E-state index in [0.717, 1.165) is 24.3 Å². The number of aromatic nitrogens is 4. The van der Waals surface area contributed by atoms with Crippen LogP contribution in [-0.4, -0.2) is 25.5 Å². The number of halogens is 2. The molecule has 2 N–H and O–H groups in total. The van der Waals surface area contributed by atoms with Crippen LogP contribution in [0.4, 0.5) is 8.78 Å². The summed E-state index contributed by atoms with van der Waals surface area (Å²) in [5.41, 5.74) is -0.326. The largest absolute Gasteiger partial charge is 0.345 e. The minimum atomic E-state index is -0.636. The highest BCUT2D eigenvalue weighted by atomic mass is 19.1. The Labute approximate surface area is 133 Å². The van der Waals surface area contributed by atoms with Crippen molar-refractivity contribution < 1.29 is 13.6 Å². The van der Waals surface area contributed by atoms with E-state index in [0.29, 0.717) is 5.82 Å². The summed E-state index contributed by atoms with van der Waals surface area (Å²) < 4.78 is 27.9. The molecule has 0 spiro atoms. The third-order valence-electron chi connectivity index (χ3n) is 3.20. The molecule has 2 heterocycles. The lowest BCUT2D eigenvalue weighted by Crippen LogP contribution is -2.22. The molecule has 0 saturated carbocycles. The van der Waals surface area contributed by atoms with Crippen molar-refractivity contribution in [2.45, 2.75) is 6.54 Å². The minimum absolute atomic E-state index is 0.0133. The van der Waals surface area contributed by atoms with Gasteiger partial charge in [-0.3, -0.25) is 14.0 Å². The number of benzene rings is 1. The van der Waals surface area contributed by atoms with E-state index in [4.69, 9.17) is 0 Å². The second-order valence-electron chi connectivity index (χ2n) is 4.82. The Morgan fingerprint density at radius 2 is 2.17 bits per heavy atom. The van der Waals surface area contributed by atoms with Crippen LogP contribution in [0.3, 0.4) is 0 Å². The molecule has 2 aromatic heterocycles. The monoisotopic (exact) mass is 331 g/mol. The quantitative estimate of drug-likeness (QED) is 0.698. The van der Waals surface area contributed by atoms with Gasteiger partial charge >= 0.3 is 0 Å². The van der Waals surface area contributed by atoms with Gasteiger partial charge in [-0.2, -0.15) is 0 Å². The first-order chi connectivity index (χ1) is 11.5. The number of nitrogens with zero attached hydrogens (tertiary/aromatic N) is 3. The zero-order valence-electron chi connectivity index (χ0n) is 12.2. The number of hydrogen-bond acceptors (Lipinski definition) is 4. The molecule has 0 fully saturated rings. The Morgan fingerprint density at radius 1 is 1.33 bits per heavy atom. The van der Waals surface area contributed by atoms with Crippen molar-refractivity contribution in [2.75, 3.05) is 0 Å². The summed E-state index contributed by atoms with van der Waals surface area (Å²) in [6, 6.07) is 2.95. The third-order valence-corrected chi connectivity index (χ3v) is 3.20. The smallest absolute Gasteiger partial charge is 0.293 e. The fraction of sp³-hybridized carbons (Fsp3) is 0.0667. The first-order valence-corrected chi connectivity index (χ1v) is 6.87. The maximum atomic E-state index is 13.4. The van der Waals surface area contributed by atoms with Gasteiger partial charge in [0.15, 0.2) is 5.82 Å². The van der Waals surface area contributed by atoms with Gasteiger partial charge in [-0.1, -0.05) is 0 Å². The average molecular weight is 331 g/mol. The molecule has 0 aliphatic carbocycles. The second-order valence-corrected chi connectivity index (χ2v) is 4.82. The predicted octanol–water partition coefficient (Wildman–Crippen LogP) is 1.03. The Balaban J connectivity index is 1.69. The molecule has 3 rings (SSSR count). The zero-order chi connectivity index (χ0) is 17.1. The van der Waals surface area contributed by atoms with Gasteiger partial charge in [0, 0.05) is 24.0 Å². The number of amides is 1. The van der Waals surface area contributed by atoms with Crippen molar-refractivity contribution in [1.29, 1.82) is 0 Å². The van der Waals surface area contributed by atoms with E-state index in [1.54, 1.807) is 6.20 Å². The van der Waals surface area contributed by atoms with Crippen molar-refractivity contribution in [3.05, 3.63) is 70.0 Å². The van der Waals surface area contributed by atoms with Crippen LogP contribution in [0.5, 0.6) is 0 Å². The van der Waals surface area contributed by atoms with Crippen LogP contribution in [0, 0.1) is 11.6 Å². The van der Waals surface area contributed by atoms with Crippen LogP contribution >= 0.6 is 0 Å². The van der Waals surface area contributed by atoms with Gasteiger partial charge in [-0.25, -0.2) is 8.78 Å². The zero-order valence-corrected chi connectivity index (χ0v) is 12.2. The van der Waals surface area contributed by atoms with E-state index in [1.807, 2.05) is 0 Å². The molecule has 0 unspecified atom stereocenters. The fourth-order valence-electron chi connectivity index (χ4n) is 2.04. The standard InChI is InChI=1S/C15H11F2N5O2/c16-10-2-3-11(17)9(7-10)1-4-13(23)19-8-12-20-21-14-15(24)18-5-6-22(12)14/h1-7H,8H2,(H,18,24)(H,19,23)/b4-1-. The van der Waals surface area contributed by atoms with Gasteiger partial charge < -0.3 is 10.3 Å². The number of H-pyrrole nitrogens is 1. The number of rotatable bonds is 4. The fourth-order valence-corrected chi connectivity index (χ4v) is 2.04. The van der Waals surface area contributed by atoms with Crippen molar-refractivity contribution in [1.82, 2.24) is 24.9 Å². The summed E-state index contributed by atoms with van der Waals surface area (Å²) in [5, 5.41) is 10.1. The molecular formula is C15H11F2N5O2. The van der Waals surface area contributed by atoms with E-state index in [9.17, 15) is 18.4 Å². The van der Waals surface area contributed by atoms with E-state index >= 15 is 0 Å². The Hall–Kier alpha value is -3.36. The van der Waals surface area contributed by atoms with Crippen LogP contribution in [0.25, 0.3) is 11.7 Å². The Morgan fingerprint density at radius 3 is 3.00 bits per heavy atom. The van der Waals surface area contributed by atoms with Crippen LogP contribution in [-0.2, 0) is 11.3 Å². The van der Waals surface area contributed by atoms with E-state index in [2.05, 4.69) is 20.5 Å². The molecule has 0 atom stereocenters. The second kappa shape index (κ2) is 6.41. The normalized spacial score (nSPS) is 11.2. The summed E-state index contributed by atoms with van der Waals surface area (Å²) in [7, 11) is 0. The van der Waals surface area contributed by atoms with Crippen molar-refractivity contribution in [3.8, 4) is 0 Å². The highest BCUT2D eigenvalue weighted by Crippen LogP contribution is 2.11. The summed E-state index contributed by atoms with van der Waals surface area (Å²) >= 11 is 0. The maximum absolute atomic E-state index is 13.4. The minimum Gasteiger partial charge on any atom is -0.345 e. The Kier molecular flexibility index (Phi) is 4.15. The third kappa shape index (κ3) is 3.19. The van der Waals surface area contributed by atoms with E-state index in [1.165, 1.54) is 16.7 Å². The van der Waals surface area contributed by atoms with Gasteiger partial charge in [-0.15, -0.1) is 10.2 Å². The molecule has 0 aliphatic heterocycles. The maximum Gasteiger partial charge on any atom is 0.293 e. The van der Waals surface area contributed by atoms with Gasteiger partial charge in [0.05, 0.1) is 6.54 Å². The van der Waals surface area contributed by atoms with Gasteiger partial charge in [0.25, 0.3) is 5.56 Å². The lowest BCUT2D eigenvalue weighted by Gasteiger charge is -2.01. The van der Waals surface area contributed by atoms with Crippen LogP contribution in [0.2, 0.25) is 0 Å². The molecular weight excluding hydrogens is 320 g/mol. The van der Waals surface area contributed by atoms with Crippen LogP contribution < -0.4 is 10.9 Å². The molecule has 1 aromatic carbocycles. The number of nitrogens with one attached hydrogen (secondary N) is 2. The molecule has 7 nitrogen and oxygen atoms in total. The molecule has 3 aromatic rings. The summed E-state index contributed by atoms with van der Waals surface area (Å²) in [4.78, 5) is 25.7. The number of aromatic amines is 1. The van der Waals surface area contributed by atoms with Crippen LogP contribution in [0.15, 0.2) is 41.5 Å². The molecule has 24 heavy (non-hydrogen) atoms. The van der Waals surface area contributed by atoms with Gasteiger partial charge in [0.1, 0.15) is 11.6 Å². The predicted molar refractivity (Wildman–Crippen MR) is 80.8 cm³/mol. The topological polar surface area (TPSA) is 92.2 Å². The lowest BCUT2D eigenvalue weighted by atomic mass is 10.2. The summed E-state index contributed by atoms with van der Waals surface area (Å²) in [6.07, 6.45) is 5.22. The first-order valence-electron chi connectivity index (χ1n) is 6.87. The number of fused-ring (bicyclic) bond motifs is 1. The van der Waals surface area contributed by atoms with Crippen molar-refractivity contribution >= 4 is 17.6 Å². The molecule has 0 aliphatic rings. The molecule has 9 heteroatoms. The van der Waals surface area contributed by atoms with Crippen LogP contribution in [0.1, 0.15) is 11.4 Å². The highest BCUT2D eigenvalue weighted by molar-refractivity contribution is 5.91. The van der Waals surface area contributed by atoms with Crippen molar-refractivity contribution in [2.24, 2.45) is 0 Å². The number of carbonyl (C=O) groups excluding carboxylic acids is 1. The van der Waals surface area contributed by atoms with Gasteiger partial charge in [-0.05, 0) is 24.3 Å². The first kappa shape index (κ1) is 15.5. The number of hydrogen-bond donors (Lipinski definition) is 2. The van der Waals surface area contributed by atoms with Crippen molar-refractivity contribution in [3.63, 3.8) is 0 Å². The molecule has 0 saturated heterocycles.